The first-order valence-corrected chi connectivity index (χ1v) is 7.99. The number of fused-ring (bicyclic) bond motifs is 1. The number of thiazole rings is 1. The zero-order chi connectivity index (χ0) is 16.4. The Balaban J connectivity index is 1.73. The lowest BCUT2D eigenvalue weighted by Gasteiger charge is -2.23. The van der Waals surface area contributed by atoms with Gasteiger partial charge in [-0.25, -0.2) is 0 Å². The van der Waals surface area contributed by atoms with Crippen LogP contribution in [-0.4, -0.2) is 26.0 Å². The molecule has 0 bridgehead atoms. The summed E-state index contributed by atoms with van der Waals surface area (Å²) < 4.78 is 1.45. The van der Waals surface area contributed by atoms with Crippen LogP contribution in [0.5, 0.6) is 0 Å². The smallest absolute Gasteiger partial charge is 0.372 e. The lowest BCUT2D eigenvalue weighted by atomic mass is 9.93. The summed E-state index contributed by atoms with van der Waals surface area (Å²) in [5.41, 5.74) is -0.206. The maximum atomic E-state index is 11.2. The second-order valence-electron chi connectivity index (χ2n) is 5.41. The third-order valence-corrected chi connectivity index (χ3v) is 4.47. The minimum atomic E-state index is -1.01. The number of nitrogens with zero attached hydrogens (tertiary/aromatic N) is 3. The third-order valence-electron chi connectivity index (χ3n) is 3.71. The van der Waals surface area contributed by atoms with E-state index in [4.69, 9.17) is 0 Å². The van der Waals surface area contributed by atoms with Crippen molar-refractivity contribution in [3.63, 3.8) is 0 Å². The SMILES string of the molecule is CC(O)(CCNc1nc2sccn2c1[N+](=O)[O-])c1ccccc1. The lowest BCUT2D eigenvalue weighted by Crippen LogP contribution is -2.24. The highest BCUT2D eigenvalue weighted by atomic mass is 32.1. The predicted molar refractivity (Wildman–Crippen MR) is 88.8 cm³/mol. The molecule has 2 heterocycles. The van der Waals surface area contributed by atoms with Gasteiger partial charge in [-0.15, -0.1) is 0 Å². The number of aliphatic hydroxyl groups is 1. The summed E-state index contributed by atoms with van der Waals surface area (Å²) in [6.45, 7) is 2.09. The van der Waals surface area contributed by atoms with Gasteiger partial charge in [-0.3, -0.25) is 0 Å². The molecule has 0 aliphatic carbocycles. The fourth-order valence-corrected chi connectivity index (χ4v) is 3.14. The molecule has 1 atom stereocenters. The van der Waals surface area contributed by atoms with Crippen LogP contribution in [0.3, 0.4) is 0 Å². The van der Waals surface area contributed by atoms with Gasteiger partial charge in [0.1, 0.15) is 6.20 Å². The highest BCUT2D eigenvalue weighted by molar-refractivity contribution is 7.15. The van der Waals surface area contributed by atoms with Crippen LogP contribution in [0, 0.1) is 10.1 Å². The maximum absolute atomic E-state index is 11.2. The minimum Gasteiger partial charge on any atom is -0.385 e. The van der Waals surface area contributed by atoms with E-state index >= 15 is 0 Å². The first-order chi connectivity index (χ1) is 11.0. The molecule has 0 aliphatic rings. The highest BCUT2D eigenvalue weighted by Crippen LogP contribution is 2.29. The van der Waals surface area contributed by atoms with Crippen LogP contribution in [0.4, 0.5) is 11.6 Å². The molecule has 0 saturated heterocycles. The van der Waals surface area contributed by atoms with E-state index in [-0.39, 0.29) is 11.6 Å². The number of benzene rings is 1. The third kappa shape index (κ3) is 3.03. The largest absolute Gasteiger partial charge is 0.385 e. The van der Waals surface area contributed by atoms with Gasteiger partial charge in [-0.2, -0.15) is 9.38 Å². The molecule has 1 unspecified atom stereocenters. The molecule has 3 aromatic rings. The second kappa shape index (κ2) is 5.98. The molecule has 120 valence electrons. The zero-order valence-corrected chi connectivity index (χ0v) is 13.3. The van der Waals surface area contributed by atoms with Crippen molar-refractivity contribution in [3.8, 4) is 0 Å². The van der Waals surface area contributed by atoms with Crippen molar-refractivity contribution in [2.24, 2.45) is 0 Å². The number of hydrogen-bond donors (Lipinski definition) is 2. The van der Waals surface area contributed by atoms with E-state index in [2.05, 4.69) is 10.3 Å². The predicted octanol–water partition coefficient (Wildman–Crippen LogP) is 3.01. The Morgan fingerprint density at radius 2 is 2.17 bits per heavy atom. The average Bonchev–Trinajstić information content (AvgIpc) is 3.08. The van der Waals surface area contributed by atoms with Gasteiger partial charge >= 0.3 is 5.82 Å². The second-order valence-corrected chi connectivity index (χ2v) is 6.29. The number of nitrogens with one attached hydrogen (secondary N) is 1. The first kappa shape index (κ1) is 15.4. The molecule has 23 heavy (non-hydrogen) atoms. The summed E-state index contributed by atoms with van der Waals surface area (Å²) in [4.78, 5) is 15.6. The maximum Gasteiger partial charge on any atom is 0.372 e. The van der Waals surface area contributed by atoms with Gasteiger partial charge in [0.15, 0.2) is 0 Å². The van der Waals surface area contributed by atoms with Crippen molar-refractivity contribution >= 4 is 27.9 Å². The normalized spacial score (nSPS) is 13.8. The number of nitro groups is 1. The molecule has 0 fully saturated rings. The molecule has 2 aromatic heterocycles. The first-order valence-electron chi connectivity index (χ1n) is 7.11. The quantitative estimate of drug-likeness (QED) is 0.535. The van der Waals surface area contributed by atoms with Gasteiger partial charge in [0.25, 0.3) is 4.96 Å². The van der Waals surface area contributed by atoms with Crippen molar-refractivity contribution in [2.75, 3.05) is 11.9 Å². The molecular weight excluding hydrogens is 316 g/mol. The van der Waals surface area contributed by atoms with E-state index in [9.17, 15) is 15.2 Å². The van der Waals surface area contributed by atoms with Gasteiger partial charge in [-0.05, 0) is 23.8 Å². The van der Waals surface area contributed by atoms with E-state index in [1.807, 2.05) is 30.3 Å². The lowest BCUT2D eigenvalue weighted by molar-refractivity contribution is -0.389. The fraction of sp³-hybridized carbons (Fsp3) is 0.267. The molecule has 3 rings (SSSR count). The Kier molecular flexibility index (Phi) is 4.01. The Morgan fingerprint density at radius 3 is 2.87 bits per heavy atom. The van der Waals surface area contributed by atoms with E-state index in [1.165, 1.54) is 15.7 Å². The Morgan fingerprint density at radius 1 is 1.43 bits per heavy atom. The molecule has 0 radical (unpaired) electrons. The fourth-order valence-electron chi connectivity index (χ4n) is 2.43. The van der Waals surface area contributed by atoms with E-state index in [0.717, 1.165) is 5.56 Å². The molecule has 0 spiro atoms. The Bertz CT molecular complexity index is 826. The van der Waals surface area contributed by atoms with Gasteiger partial charge < -0.3 is 20.5 Å². The Labute approximate surface area is 136 Å². The molecule has 2 N–H and O–H groups in total. The summed E-state index contributed by atoms with van der Waals surface area (Å²) in [7, 11) is 0. The number of anilines is 1. The van der Waals surface area contributed by atoms with Crippen molar-refractivity contribution in [3.05, 3.63) is 57.6 Å². The topological polar surface area (TPSA) is 92.7 Å². The van der Waals surface area contributed by atoms with Crippen molar-refractivity contribution < 1.29 is 10.0 Å². The number of hydrogen-bond acceptors (Lipinski definition) is 6. The monoisotopic (exact) mass is 332 g/mol. The average molecular weight is 332 g/mol. The van der Waals surface area contributed by atoms with E-state index in [0.29, 0.717) is 17.9 Å². The van der Waals surface area contributed by atoms with Crippen LogP contribution in [-0.2, 0) is 5.60 Å². The van der Waals surface area contributed by atoms with Crippen LogP contribution in [0.15, 0.2) is 41.9 Å². The Hall–Kier alpha value is -2.45. The molecule has 1 aromatic carbocycles. The van der Waals surface area contributed by atoms with Crippen LogP contribution in [0.2, 0.25) is 0 Å². The van der Waals surface area contributed by atoms with Crippen LogP contribution >= 0.6 is 11.3 Å². The van der Waals surface area contributed by atoms with E-state index in [1.54, 1.807) is 18.5 Å². The summed E-state index contributed by atoms with van der Waals surface area (Å²) in [6.07, 6.45) is 2.02. The molecule has 7 nitrogen and oxygen atoms in total. The minimum absolute atomic E-state index is 0.0828. The molecule has 8 heteroatoms. The molecule has 0 amide bonds. The van der Waals surface area contributed by atoms with Gasteiger partial charge in [0.2, 0.25) is 5.82 Å². The summed E-state index contributed by atoms with van der Waals surface area (Å²) >= 11 is 1.33. The van der Waals surface area contributed by atoms with Gasteiger partial charge in [-0.1, -0.05) is 41.7 Å². The van der Waals surface area contributed by atoms with Crippen LogP contribution < -0.4 is 5.32 Å². The van der Waals surface area contributed by atoms with Crippen molar-refractivity contribution in [2.45, 2.75) is 18.9 Å². The van der Waals surface area contributed by atoms with E-state index < -0.39 is 10.5 Å². The van der Waals surface area contributed by atoms with Crippen LogP contribution in [0.1, 0.15) is 18.9 Å². The van der Waals surface area contributed by atoms with Gasteiger partial charge in [0, 0.05) is 11.9 Å². The molecule has 0 saturated carbocycles. The highest BCUT2D eigenvalue weighted by Gasteiger charge is 2.26. The number of rotatable bonds is 6. The summed E-state index contributed by atoms with van der Waals surface area (Å²) in [6, 6.07) is 9.33. The zero-order valence-electron chi connectivity index (χ0n) is 12.5. The molecule has 0 aliphatic heterocycles. The number of aromatic nitrogens is 2. The van der Waals surface area contributed by atoms with Gasteiger partial charge in [0.05, 0.1) is 5.60 Å². The van der Waals surface area contributed by atoms with Crippen LogP contribution in [0.25, 0.3) is 4.96 Å². The summed E-state index contributed by atoms with van der Waals surface area (Å²) in [5.74, 6) is 0.145. The van der Waals surface area contributed by atoms with Crippen molar-refractivity contribution in [1.29, 1.82) is 0 Å². The number of imidazole rings is 1. The summed E-state index contributed by atoms with van der Waals surface area (Å²) in [5, 5.41) is 26.5. The standard InChI is InChI=1S/C15H16N4O3S/c1-15(20,11-5-3-2-4-6-11)7-8-16-12-13(19(21)22)18-9-10-23-14(18)17-12/h2-6,9-10,16,20H,7-8H2,1H3. The molecular formula is C15H16N4O3S. The van der Waals surface area contributed by atoms with Crippen molar-refractivity contribution in [1.82, 2.24) is 9.38 Å².